The molecule has 9 heteroatoms. The lowest BCUT2D eigenvalue weighted by molar-refractivity contribution is -0.132. The van der Waals surface area contributed by atoms with Gasteiger partial charge in [-0.1, -0.05) is 77.8 Å². The van der Waals surface area contributed by atoms with Crippen molar-refractivity contribution in [2.24, 2.45) is 5.10 Å². The normalized spacial score (nSPS) is 12.6. The first-order valence-corrected chi connectivity index (χ1v) is 13.0. The van der Waals surface area contributed by atoms with Crippen LogP contribution in [0.4, 0.5) is 0 Å². The molecule has 0 heterocycles. The van der Waals surface area contributed by atoms with Gasteiger partial charge in [-0.05, 0) is 48.2 Å². The minimum atomic E-state index is -0.927. The second-order valence-corrected chi connectivity index (χ2v) is 9.57. The Labute approximate surface area is 236 Å². The Balaban J connectivity index is 1.48. The van der Waals surface area contributed by atoms with Crippen molar-refractivity contribution < 1.29 is 19.1 Å². The van der Waals surface area contributed by atoms with Gasteiger partial charge >= 0.3 is 0 Å². The molecule has 0 spiro atoms. The van der Waals surface area contributed by atoms with Crippen molar-refractivity contribution in [3.05, 3.63) is 106 Å². The zero-order valence-corrected chi connectivity index (χ0v) is 22.9. The zero-order chi connectivity index (χ0) is 27.8. The summed E-state index contributed by atoms with van der Waals surface area (Å²) in [5, 5.41) is 9.53. The number of ether oxygens (including phenoxy) is 2. The molecular weight excluding hydrogens is 537 g/mol. The van der Waals surface area contributed by atoms with E-state index in [0.717, 1.165) is 27.6 Å². The molecule has 200 valence electrons. The van der Waals surface area contributed by atoms with Gasteiger partial charge in [-0.3, -0.25) is 9.59 Å². The molecule has 0 saturated carbocycles. The molecule has 2 atom stereocenters. The van der Waals surface area contributed by atoms with Gasteiger partial charge in [-0.25, -0.2) is 5.43 Å². The monoisotopic (exact) mass is 563 g/mol. The average Bonchev–Trinajstić information content (AvgIpc) is 2.94. The number of hydrazone groups is 1. The second-order valence-electron chi connectivity index (χ2n) is 8.72. The van der Waals surface area contributed by atoms with E-state index in [1.54, 1.807) is 32.4 Å². The highest BCUT2D eigenvalue weighted by Gasteiger charge is 2.25. The number of methoxy groups -OCH3 is 1. The van der Waals surface area contributed by atoms with Crippen molar-refractivity contribution in [3.63, 3.8) is 0 Å². The van der Waals surface area contributed by atoms with E-state index in [1.807, 2.05) is 66.7 Å². The van der Waals surface area contributed by atoms with E-state index in [2.05, 4.69) is 15.8 Å². The van der Waals surface area contributed by atoms with Crippen LogP contribution in [-0.2, 0) is 16.0 Å². The topological polar surface area (TPSA) is 89.0 Å². The molecule has 4 rings (SSSR count). The number of carbonyl (C=O) groups is 2. The first-order valence-electron chi connectivity index (χ1n) is 12.2. The molecule has 4 aromatic rings. The summed E-state index contributed by atoms with van der Waals surface area (Å²) in [6.07, 6.45) is 0.896. The third-order valence-electron chi connectivity index (χ3n) is 6.00. The molecule has 0 aliphatic heterocycles. The lowest BCUT2D eigenvalue weighted by Gasteiger charge is -2.21. The maximum atomic E-state index is 13.2. The van der Waals surface area contributed by atoms with E-state index in [0.29, 0.717) is 10.8 Å². The van der Waals surface area contributed by atoms with Crippen LogP contribution in [0.25, 0.3) is 10.8 Å². The Bertz CT molecular complexity index is 1490. The van der Waals surface area contributed by atoms with Crippen LogP contribution in [-0.4, -0.2) is 37.3 Å². The van der Waals surface area contributed by atoms with Gasteiger partial charge in [0.05, 0.1) is 18.3 Å². The molecule has 0 saturated heterocycles. The molecule has 0 aliphatic carbocycles. The molecule has 0 aliphatic rings. The van der Waals surface area contributed by atoms with Crippen LogP contribution in [0.15, 0.2) is 90.0 Å². The predicted octanol–water partition coefficient (Wildman–Crippen LogP) is 5.80. The molecule has 7 nitrogen and oxygen atoms in total. The van der Waals surface area contributed by atoms with Crippen LogP contribution in [0.1, 0.15) is 18.1 Å². The third-order valence-corrected chi connectivity index (χ3v) is 6.53. The summed E-state index contributed by atoms with van der Waals surface area (Å²) in [7, 11) is 1.62. The second kappa shape index (κ2) is 13.1. The maximum Gasteiger partial charge on any atom is 0.262 e. The number of hydrogen-bond acceptors (Lipinski definition) is 5. The van der Waals surface area contributed by atoms with Gasteiger partial charge in [-0.15, -0.1) is 0 Å². The number of halogens is 2. The molecule has 0 aromatic heterocycles. The molecule has 39 heavy (non-hydrogen) atoms. The zero-order valence-electron chi connectivity index (χ0n) is 21.4. The van der Waals surface area contributed by atoms with Gasteiger partial charge in [0.15, 0.2) is 6.10 Å². The van der Waals surface area contributed by atoms with Gasteiger partial charge in [0.2, 0.25) is 0 Å². The smallest absolute Gasteiger partial charge is 0.262 e. The van der Waals surface area contributed by atoms with Crippen molar-refractivity contribution in [2.75, 3.05) is 7.11 Å². The van der Waals surface area contributed by atoms with E-state index in [-0.39, 0.29) is 11.4 Å². The van der Waals surface area contributed by atoms with Crippen LogP contribution in [0.5, 0.6) is 11.5 Å². The number of amides is 2. The highest BCUT2D eigenvalue weighted by Crippen LogP contribution is 2.29. The number of fused-ring (bicyclic) bond motifs is 1. The Hall–Kier alpha value is -4.07. The van der Waals surface area contributed by atoms with Gasteiger partial charge < -0.3 is 14.8 Å². The highest BCUT2D eigenvalue weighted by molar-refractivity contribution is 6.35. The molecule has 2 N–H and O–H groups in total. The van der Waals surface area contributed by atoms with Gasteiger partial charge in [0.1, 0.15) is 17.5 Å². The van der Waals surface area contributed by atoms with Crippen molar-refractivity contribution in [3.8, 4) is 11.5 Å². The summed E-state index contributed by atoms with van der Waals surface area (Å²) in [6, 6.07) is 24.7. The summed E-state index contributed by atoms with van der Waals surface area (Å²) in [5.41, 5.74) is 4.24. The summed E-state index contributed by atoms with van der Waals surface area (Å²) >= 11 is 12.1. The third kappa shape index (κ3) is 7.28. The Kier molecular flexibility index (Phi) is 9.41. The Morgan fingerprint density at radius 1 is 0.897 bits per heavy atom. The van der Waals surface area contributed by atoms with E-state index in [4.69, 9.17) is 32.7 Å². The average molecular weight is 564 g/mol. The number of nitrogens with zero attached hydrogens (tertiary/aromatic N) is 1. The molecule has 0 fully saturated rings. The fraction of sp³-hybridized carbons (Fsp3) is 0.167. The van der Waals surface area contributed by atoms with Crippen molar-refractivity contribution in [1.82, 2.24) is 10.7 Å². The Morgan fingerprint density at radius 2 is 1.59 bits per heavy atom. The van der Waals surface area contributed by atoms with Crippen LogP contribution < -0.4 is 20.2 Å². The van der Waals surface area contributed by atoms with Crippen molar-refractivity contribution in [1.29, 1.82) is 0 Å². The first-order chi connectivity index (χ1) is 18.9. The predicted molar refractivity (Wildman–Crippen MR) is 155 cm³/mol. The van der Waals surface area contributed by atoms with Gasteiger partial charge in [-0.2, -0.15) is 5.10 Å². The first kappa shape index (κ1) is 28.0. The summed E-state index contributed by atoms with van der Waals surface area (Å²) in [4.78, 5) is 26.2. The molecule has 0 radical (unpaired) electrons. The van der Waals surface area contributed by atoms with E-state index in [9.17, 15) is 9.59 Å². The largest absolute Gasteiger partial charge is 0.496 e. The van der Waals surface area contributed by atoms with E-state index in [1.165, 1.54) is 6.07 Å². The standard InChI is InChI=1S/C30H27Cl2N3O4/c1-19(39-28-15-13-22(31)17-25(28)32)29(36)34-26(16-20-8-4-3-5-9-20)30(37)35-33-18-21-12-14-27(38-2)24-11-7-6-10-23(21)24/h3-15,17-19,26H,16H2,1-2H3,(H,34,36)(H,35,37)/b33-18-/t19-,26-/m1/s1. The van der Waals surface area contributed by atoms with Crippen LogP contribution in [0.3, 0.4) is 0 Å². The van der Waals surface area contributed by atoms with E-state index < -0.39 is 24.0 Å². The maximum absolute atomic E-state index is 13.2. The fourth-order valence-corrected chi connectivity index (χ4v) is 4.44. The fourth-order valence-electron chi connectivity index (χ4n) is 3.99. The minimum absolute atomic E-state index is 0.258. The van der Waals surface area contributed by atoms with Crippen LogP contribution >= 0.6 is 23.2 Å². The minimum Gasteiger partial charge on any atom is -0.496 e. The summed E-state index contributed by atoms with van der Waals surface area (Å²) in [6.45, 7) is 1.57. The number of benzene rings is 4. The number of carbonyl (C=O) groups excluding carboxylic acids is 2. The lowest BCUT2D eigenvalue weighted by Crippen LogP contribution is -2.50. The summed E-state index contributed by atoms with van der Waals surface area (Å²) in [5.74, 6) is 0.0953. The Morgan fingerprint density at radius 3 is 2.31 bits per heavy atom. The number of rotatable bonds is 10. The highest BCUT2D eigenvalue weighted by atomic mass is 35.5. The molecule has 2 amide bonds. The lowest BCUT2D eigenvalue weighted by atomic mass is 10.0. The molecule has 4 aromatic carbocycles. The number of nitrogens with one attached hydrogen (secondary N) is 2. The summed E-state index contributed by atoms with van der Waals surface area (Å²) < 4.78 is 11.2. The number of hydrogen-bond donors (Lipinski definition) is 2. The SMILES string of the molecule is COc1ccc(/C=N\NC(=O)[C@@H](Cc2ccccc2)NC(=O)[C@@H](C)Oc2ccc(Cl)cc2Cl)c2ccccc12. The van der Waals surface area contributed by atoms with Gasteiger partial charge in [0, 0.05) is 22.4 Å². The van der Waals surface area contributed by atoms with Crippen molar-refractivity contribution >= 4 is 52.0 Å². The van der Waals surface area contributed by atoms with Crippen LogP contribution in [0.2, 0.25) is 10.0 Å². The van der Waals surface area contributed by atoms with Gasteiger partial charge in [0.25, 0.3) is 11.8 Å². The molecule has 0 bridgehead atoms. The molecular formula is C30H27Cl2N3O4. The molecule has 0 unspecified atom stereocenters. The van der Waals surface area contributed by atoms with Crippen molar-refractivity contribution in [2.45, 2.75) is 25.5 Å². The quantitative estimate of drug-likeness (QED) is 0.188. The van der Waals surface area contributed by atoms with Crippen LogP contribution in [0, 0.1) is 0 Å². The van der Waals surface area contributed by atoms with E-state index >= 15 is 0 Å².